The van der Waals surface area contributed by atoms with Crippen molar-refractivity contribution in [3.05, 3.63) is 71.3 Å². The summed E-state index contributed by atoms with van der Waals surface area (Å²) in [7, 11) is 0. The molecule has 1 saturated heterocycles. The van der Waals surface area contributed by atoms with Crippen LogP contribution in [0.1, 0.15) is 46.0 Å². The van der Waals surface area contributed by atoms with Crippen molar-refractivity contribution in [2.45, 2.75) is 25.9 Å². The van der Waals surface area contributed by atoms with E-state index in [2.05, 4.69) is 0 Å². The summed E-state index contributed by atoms with van der Waals surface area (Å²) in [5.41, 5.74) is 0.931. The zero-order valence-corrected chi connectivity index (χ0v) is 14.7. The molecule has 1 amide bonds. The number of hydrogen-bond acceptors (Lipinski definition) is 4. The second-order valence-electron chi connectivity index (χ2n) is 6.32. The van der Waals surface area contributed by atoms with E-state index in [1.165, 1.54) is 0 Å². The first-order valence-corrected chi connectivity index (χ1v) is 8.76. The van der Waals surface area contributed by atoms with Gasteiger partial charge in [0.15, 0.2) is 11.9 Å². The summed E-state index contributed by atoms with van der Waals surface area (Å²) in [6, 6.07) is 15.3. The Hall–Kier alpha value is -2.95. The third-order valence-corrected chi connectivity index (χ3v) is 4.48. The molecule has 5 nitrogen and oxygen atoms in total. The van der Waals surface area contributed by atoms with Crippen molar-refractivity contribution in [3.8, 4) is 0 Å². The summed E-state index contributed by atoms with van der Waals surface area (Å²) < 4.78 is 5.35. The highest BCUT2D eigenvalue weighted by Gasteiger charge is 2.27. The zero-order chi connectivity index (χ0) is 18.5. The number of hydrogen-bond donors (Lipinski definition) is 0. The largest absolute Gasteiger partial charge is 0.449 e. The average Bonchev–Trinajstić information content (AvgIpc) is 3.22. The van der Waals surface area contributed by atoms with E-state index >= 15 is 0 Å². The van der Waals surface area contributed by atoms with Crippen LogP contribution in [0.2, 0.25) is 0 Å². The van der Waals surface area contributed by atoms with Gasteiger partial charge in [0, 0.05) is 24.2 Å². The first kappa shape index (κ1) is 17.9. The standard InChI is InChI=1S/C21H21NO4/c1-15(20(24)22-13-7-8-14-22)26-21(25)18-12-6-5-11-17(18)19(23)16-9-3-2-4-10-16/h2-6,9-12,15H,7-8,13-14H2,1H3/t15-/m0/s1. The van der Waals surface area contributed by atoms with Gasteiger partial charge in [-0.1, -0.05) is 48.5 Å². The maximum Gasteiger partial charge on any atom is 0.339 e. The summed E-state index contributed by atoms with van der Waals surface area (Å²) in [4.78, 5) is 39.3. The Morgan fingerprint density at radius 1 is 0.885 bits per heavy atom. The van der Waals surface area contributed by atoms with Crippen molar-refractivity contribution in [3.63, 3.8) is 0 Å². The number of ether oxygens (including phenoxy) is 1. The first-order valence-electron chi connectivity index (χ1n) is 8.76. The number of carbonyl (C=O) groups excluding carboxylic acids is 3. The van der Waals surface area contributed by atoms with Crippen LogP contribution in [0.5, 0.6) is 0 Å². The van der Waals surface area contributed by atoms with Gasteiger partial charge in [0.1, 0.15) is 0 Å². The van der Waals surface area contributed by atoms with E-state index in [9.17, 15) is 14.4 Å². The summed E-state index contributed by atoms with van der Waals surface area (Å²) in [5, 5.41) is 0. The molecule has 2 aromatic carbocycles. The van der Waals surface area contributed by atoms with Gasteiger partial charge in [-0.05, 0) is 25.8 Å². The number of rotatable bonds is 5. The topological polar surface area (TPSA) is 63.7 Å². The Morgan fingerprint density at radius 3 is 2.12 bits per heavy atom. The van der Waals surface area contributed by atoms with Crippen molar-refractivity contribution in [2.75, 3.05) is 13.1 Å². The molecule has 5 heteroatoms. The van der Waals surface area contributed by atoms with Crippen LogP contribution in [0.4, 0.5) is 0 Å². The molecule has 26 heavy (non-hydrogen) atoms. The van der Waals surface area contributed by atoms with Gasteiger partial charge in [-0.25, -0.2) is 4.79 Å². The number of carbonyl (C=O) groups is 3. The van der Waals surface area contributed by atoms with E-state index in [1.54, 1.807) is 60.4 Å². The van der Waals surface area contributed by atoms with Gasteiger partial charge in [0.2, 0.25) is 0 Å². The lowest BCUT2D eigenvalue weighted by atomic mass is 9.98. The molecule has 1 heterocycles. The Balaban J connectivity index is 1.77. The molecular formula is C21H21NO4. The maximum absolute atomic E-state index is 12.7. The third-order valence-electron chi connectivity index (χ3n) is 4.48. The van der Waals surface area contributed by atoms with E-state index in [1.807, 2.05) is 6.07 Å². The molecule has 0 aliphatic carbocycles. The van der Waals surface area contributed by atoms with Crippen LogP contribution in [0.3, 0.4) is 0 Å². The van der Waals surface area contributed by atoms with Gasteiger partial charge in [0.05, 0.1) is 5.56 Å². The van der Waals surface area contributed by atoms with Crippen LogP contribution in [-0.2, 0) is 9.53 Å². The summed E-state index contributed by atoms with van der Waals surface area (Å²) in [6.07, 6.45) is 1.07. The molecular weight excluding hydrogens is 330 g/mol. The Morgan fingerprint density at radius 2 is 1.46 bits per heavy atom. The highest BCUT2D eigenvalue weighted by Crippen LogP contribution is 2.17. The molecule has 0 spiro atoms. The molecule has 2 aromatic rings. The predicted molar refractivity (Wildman–Crippen MR) is 97.0 cm³/mol. The second kappa shape index (κ2) is 7.95. The fourth-order valence-electron chi connectivity index (χ4n) is 3.07. The van der Waals surface area contributed by atoms with Crippen molar-refractivity contribution in [2.24, 2.45) is 0 Å². The summed E-state index contributed by atoms with van der Waals surface area (Å²) in [5.74, 6) is -1.11. The fraction of sp³-hybridized carbons (Fsp3) is 0.286. The number of ketones is 1. The lowest BCUT2D eigenvalue weighted by Gasteiger charge is -2.20. The molecule has 1 aliphatic rings. The van der Waals surface area contributed by atoms with Crippen molar-refractivity contribution in [1.82, 2.24) is 4.90 Å². The van der Waals surface area contributed by atoms with Gasteiger partial charge < -0.3 is 9.64 Å². The minimum atomic E-state index is -0.875. The van der Waals surface area contributed by atoms with Crippen molar-refractivity contribution in [1.29, 1.82) is 0 Å². The third kappa shape index (κ3) is 3.82. The van der Waals surface area contributed by atoms with Crippen LogP contribution >= 0.6 is 0 Å². The van der Waals surface area contributed by atoms with Crippen molar-refractivity contribution < 1.29 is 19.1 Å². The molecule has 0 bridgehead atoms. The molecule has 0 N–H and O–H groups in total. The van der Waals surface area contributed by atoms with Crippen LogP contribution in [-0.4, -0.2) is 41.8 Å². The van der Waals surface area contributed by atoms with Gasteiger partial charge in [0.25, 0.3) is 5.91 Å². The quantitative estimate of drug-likeness (QED) is 0.613. The maximum atomic E-state index is 12.7. The Bertz CT molecular complexity index is 810. The molecule has 3 rings (SSSR count). The number of esters is 1. The average molecular weight is 351 g/mol. The Labute approximate surface area is 152 Å². The van der Waals surface area contributed by atoms with Gasteiger partial charge >= 0.3 is 5.97 Å². The zero-order valence-electron chi connectivity index (χ0n) is 14.7. The molecule has 0 unspecified atom stereocenters. The molecule has 0 radical (unpaired) electrons. The van der Waals surface area contributed by atoms with Crippen LogP contribution in [0.25, 0.3) is 0 Å². The first-order chi connectivity index (χ1) is 12.6. The predicted octanol–water partition coefficient (Wildman–Crippen LogP) is 3.09. The number of amides is 1. The highest BCUT2D eigenvalue weighted by molar-refractivity contribution is 6.14. The number of nitrogens with zero attached hydrogens (tertiary/aromatic N) is 1. The van der Waals surface area contributed by atoms with E-state index in [0.717, 1.165) is 12.8 Å². The van der Waals surface area contributed by atoms with E-state index in [4.69, 9.17) is 4.74 Å². The SMILES string of the molecule is C[C@H](OC(=O)c1ccccc1C(=O)c1ccccc1)C(=O)N1CCCC1. The normalized spacial score (nSPS) is 14.7. The molecule has 1 aliphatic heterocycles. The van der Waals surface area contributed by atoms with Gasteiger partial charge in [-0.3, -0.25) is 9.59 Å². The molecule has 1 atom stereocenters. The van der Waals surface area contributed by atoms with Crippen molar-refractivity contribution >= 4 is 17.7 Å². The van der Waals surface area contributed by atoms with E-state index < -0.39 is 12.1 Å². The molecule has 0 aromatic heterocycles. The monoisotopic (exact) mass is 351 g/mol. The number of benzene rings is 2. The summed E-state index contributed by atoms with van der Waals surface area (Å²) >= 11 is 0. The van der Waals surface area contributed by atoms with Crippen LogP contribution in [0.15, 0.2) is 54.6 Å². The fourth-order valence-corrected chi connectivity index (χ4v) is 3.07. The minimum absolute atomic E-state index is 0.169. The van der Waals surface area contributed by atoms with Crippen LogP contribution < -0.4 is 0 Å². The lowest BCUT2D eigenvalue weighted by molar-refractivity contribution is -0.138. The molecule has 0 saturated carbocycles. The highest BCUT2D eigenvalue weighted by atomic mass is 16.5. The van der Waals surface area contributed by atoms with E-state index in [0.29, 0.717) is 18.7 Å². The van der Waals surface area contributed by atoms with Crippen LogP contribution in [0, 0.1) is 0 Å². The second-order valence-corrected chi connectivity index (χ2v) is 6.32. The summed E-state index contributed by atoms with van der Waals surface area (Å²) in [6.45, 7) is 2.97. The van der Waals surface area contributed by atoms with E-state index in [-0.39, 0.29) is 22.8 Å². The number of likely N-dealkylation sites (tertiary alicyclic amines) is 1. The van der Waals surface area contributed by atoms with Gasteiger partial charge in [-0.15, -0.1) is 0 Å². The Kier molecular flexibility index (Phi) is 5.46. The van der Waals surface area contributed by atoms with Gasteiger partial charge in [-0.2, -0.15) is 0 Å². The lowest BCUT2D eigenvalue weighted by Crippen LogP contribution is -2.38. The minimum Gasteiger partial charge on any atom is -0.449 e. The molecule has 134 valence electrons. The smallest absolute Gasteiger partial charge is 0.339 e. The molecule has 1 fully saturated rings.